The summed E-state index contributed by atoms with van der Waals surface area (Å²) in [6, 6.07) is 1.90. The van der Waals surface area contributed by atoms with E-state index in [-0.39, 0.29) is 6.47 Å². The Morgan fingerprint density at radius 1 is 1.80 bits per heavy atom. The number of rotatable bonds is 0. The van der Waals surface area contributed by atoms with Gasteiger partial charge in [-0.25, -0.2) is 0 Å². The molecule has 0 saturated heterocycles. The fourth-order valence-electron chi connectivity index (χ4n) is 0.369. The zero-order chi connectivity index (χ0) is 7.98. The number of hydrogen-bond donors (Lipinski definition) is 1. The van der Waals surface area contributed by atoms with E-state index < -0.39 is 0 Å². The van der Waals surface area contributed by atoms with E-state index in [1.165, 1.54) is 4.88 Å². The van der Waals surface area contributed by atoms with E-state index in [1.54, 1.807) is 11.3 Å². The normalized spacial score (nSPS) is 7.80. The molecule has 0 spiro atoms. The van der Waals surface area contributed by atoms with Crippen LogP contribution in [-0.2, 0) is 4.79 Å². The highest BCUT2D eigenvalue weighted by Crippen LogP contribution is 2.19. The van der Waals surface area contributed by atoms with Crippen molar-refractivity contribution in [2.45, 2.75) is 6.92 Å². The van der Waals surface area contributed by atoms with Gasteiger partial charge in [0.25, 0.3) is 6.47 Å². The fourth-order valence-corrected chi connectivity index (χ4v) is 1.23. The number of aryl methyl sites for hydroxylation is 1. The van der Waals surface area contributed by atoms with Crippen LogP contribution in [0.3, 0.4) is 0 Å². The van der Waals surface area contributed by atoms with Crippen molar-refractivity contribution < 1.29 is 9.90 Å². The third kappa shape index (κ3) is 3.48. The second-order valence-corrected chi connectivity index (χ2v) is 2.96. The topological polar surface area (TPSA) is 37.3 Å². The minimum atomic E-state index is -0.250. The molecular weight excluding hydrogens is 172 g/mol. The maximum absolute atomic E-state index is 8.36. The van der Waals surface area contributed by atoms with Gasteiger partial charge in [-0.1, -0.05) is 11.6 Å². The second kappa shape index (κ2) is 5.26. The molecule has 10 heavy (non-hydrogen) atoms. The summed E-state index contributed by atoms with van der Waals surface area (Å²) < 4.78 is 0. The predicted molar refractivity (Wildman–Crippen MR) is 42.8 cm³/mol. The van der Waals surface area contributed by atoms with Crippen LogP contribution in [-0.4, -0.2) is 11.6 Å². The maximum Gasteiger partial charge on any atom is 0.290 e. The molecule has 0 unspecified atom stereocenters. The molecule has 0 amide bonds. The lowest BCUT2D eigenvalue weighted by atomic mass is 10.5. The van der Waals surface area contributed by atoms with Gasteiger partial charge in [-0.2, -0.15) is 0 Å². The summed E-state index contributed by atoms with van der Waals surface area (Å²) in [4.78, 5) is 9.56. The highest BCUT2D eigenvalue weighted by Gasteiger charge is 1.89. The first-order valence-electron chi connectivity index (χ1n) is 2.49. The summed E-state index contributed by atoms with van der Waals surface area (Å²) in [5.74, 6) is 0. The first-order valence-corrected chi connectivity index (χ1v) is 3.75. The van der Waals surface area contributed by atoms with E-state index in [1.807, 2.05) is 18.4 Å². The number of halogens is 1. The van der Waals surface area contributed by atoms with Crippen molar-refractivity contribution >= 4 is 29.4 Å². The molecule has 56 valence electrons. The average Bonchev–Trinajstić information content (AvgIpc) is 2.19. The molecule has 0 bridgehead atoms. The van der Waals surface area contributed by atoms with Gasteiger partial charge in [-0.3, -0.25) is 4.79 Å². The maximum atomic E-state index is 8.36. The Morgan fingerprint density at radius 3 is 2.40 bits per heavy atom. The molecule has 0 saturated carbocycles. The van der Waals surface area contributed by atoms with E-state index in [4.69, 9.17) is 21.5 Å². The molecule has 1 aromatic heterocycles. The van der Waals surface area contributed by atoms with Gasteiger partial charge in [0.15, 0.2) is 0 Å². The van der Waals surface area contributed by atoms with E-state index in [0.717, 1.165) is 5.02 Å². The van der Waals surface area contributed by atoms with Gasteiger partial charge in [0.2, 0.25) is 0 Å². The molecule has 0 aromatic carbocycles. The minimum Gasteiger partial charge on any atom is -0.483 e. The molecule has 0 atom stereocenters. The molecule has 1 aromatic rings. The lowest BCUT2D eigenvalue weighted by molar-refractivity contribution is -0.122. The Balaban J connectivity index is 0.000000236. The molecule has 0 aliphatic heterocycles. The third-order valence-corrected chi connectivity index (χ3v) is 2.16. The fraction of sp³-hybridized carbons (Fsp3) is 0.167. The smallest absolute Gasteiger partial charge is 0.290 e. The van der Waals surface area contributed by atoms with Crippen LogP contribution < -0.4 is 0 Å². The van der Waals surface area contributed by atoms with E-state index in [0.29, 0.717) is 0 Å². The van der Waals surface area contributed by atoms with Gasteiger partial charge in [0, 0.05) is 4.88 Å². The van der Waals surface area contributed by atoms with Crippen molar-refractivity contribution in [1.29, 1.82) is 0 Å². The molecule has 1 N–H and O–H groups in total. The van der Waals surface area contributed by atoms with Gasteiger partial charge in [-0.05, 0) is 18.4 Å². The lowest BCUT2D eigenvalue weighted by Crippen LogP contribution is -1.52. The van der Waals surface area contributed by atoms with Crippen LogP contribution in [0.5, 0.6) is 0 Å². The second-order valence-electron chi connectivity index (χ2n) is 1.43. The van der Waals surface area contributed by atoms with Crippen LogP contribution in [0.15, 0.2) is 11.4 Å². The molecule has 2 nitrogen and oxygen atoms in total. The van der Waals surface area contributed by atoms with Gasteiger partial charge in [-0.15, -0.1) is 11.3 Å². The first kappa shape index (κ1) is 9.46. The lowest BCUT2D eigenvalue weighted by Gasteiger charge is -1.76. The molecule has 0 aliphatic rings. The molecule has 0 radical (unpaired) electrons. The van der Waals surface area contributed by atoms with E-state index >= 15 is 0 Å². The van der Waals surface area contributed by atoms with E-state index in [2.05, 4.69) is 0 Å². The third-order valence-electron chi connectivity index (χ3n) is 0.796. The van der Waals surface area contributed by atoms with Crippen molar-refractivity contribution in [2.24, 2.45) is 0 Å². The first-order chi connectivity index (χ1) is 4.72. The van der Waals surface area contributed by atoms with Crippen molar-refractivity contribution in [3.05, 3.63) is 21.3 Å². The summed E-state index contributed by atoms with van der Waals surface area (Å²) in [6.45, 7) is 1.76. The highest BCUT2D eigenvalue weighted by molar-refractivity contribution is 7.10. The summed E-state index contributed by atoms with van der Waals surface area (Å²) >= 11 is 7.31. The quantitative estimate of drug-likeness (QED) is 0.620. The summed E-state index contributed by atoms with van der Waals surface area (Å²) in [5.41, 5.74) is 0. The molecule has 0 aliphatic carbocycles. The SMILES string of the molecule is Cc1sccc1Cl.O=CO. The van der Waals surface area contributed by atoms with Crippen molar-refractivity contribution in [3.8, 4) is 0 Å². The van der Waals surface area contributed by atoms with Gasteiger partial charge in [0.1, 0.15) is 0 Å². The average molecular weight is 179 g/mol. The van der Waals surface area contributed by atoms with Crippen LogP contribution in [0.25, 0.3) is 0 Å². The van der Waals surface area contributed by atoms with Crippen LogP contribution in [0.1, 0.15) is 4.88 Å². The van der Waals surface area contributed by atoms with Crippen LogP contribution in [0.2, 0.25) is 5.02 Å². The summed E-state index contributed by atoms with van der Waals surface area (Å²) in [5, 5.41) is 9.75. The highest BCUT2D eigenvalue weighted by atomic mass is 35.5. The number of carboxylic acid groups (broad SMARTS) is 1. The molecule has 1 heterocycles. The molecule has 0 fully saturated rings. The van der Waals surface area contributed by atoms with Crippen LogP contribution in [0.4, 0.5) is 0 Å². The molecular formula is C6H7ClO2S. The van der Waals surface area contributed by atoms with E-state index in [9.17, 15) is 0 Å². The summed E-state index contributed by atoms with van der Waals surface area (Å²) in [7, 11) is 0. The van der Waals surface area contributed by atoms with Crippen molar-refractivity contribution in [2.75, 3.05) is 0 Å². The predicted octanol–water partition coefficient (Wildman–Crippen LogP) is 2.41. The van der Waals surface area contributed by atoms with Crippen molar-refractivity contribution in [3.63, 3.8) is 0 Å². The number of carbonyl (C=O) groups is 1. The Labute approximate surface area is 68.1 Å². The van der Waals surface area contributed by atoms with Crippen molar-refractivity contribution in [1.82, 2.24) is 0 Å². The Hall–Kier alpha value is -0.540. The Kier molecular flexibility index (Phi) is 4.98. The molecule has 1 rings (SSSR count). The zero-order valence-electron chi connectivity index (χ0n) is 5.37. The standard InChI is InChI=1S/C5H5ClS.CH2O2/c1-4-5(6)2-3-7-4;2-1-3/h2-3H,1H3;1H,(H,2,3). The largest absolute Gasteiger partial charge is 0.483 e. The zero-order valence-corrected chi connectivity index (χ0v) is 6.95. The Morgan fingerprint density at radius 2 is 2.30 bits per heavy atom. The monoisotopic (exact) mass is 178 g/mol. The van der Waals surface area contributed by atoms with Gasteiger partial charge >= 0.3 is 0 Å². The minimum absolute atomic E-state index is 0.250. The van der Waals surface area contributed by atoms with Crippen LogP contribution in [0, 0.1) is 6.92 Å². The van der Waals surface area contributed by atoms with Gasteiger partial charge in [0.05, 0.1) is 5.02 Å². The molecule has 4 heteroatoms. The number of thiophene rings is 1. The van der Waals surface area contributed by atoms with Crippen LogP contribution >= 0.6 is 22.9 Å². The summed E-state index contributed by atoms with van der Waals surface area (Å²) in [6.07, 6.45) is 0. The van der Waals surface area contributed by atoms with Gasteiger partial charge < -0.3 is 5.11 Å². The Bertz CT molecular complexity index is 181. The number of hydrogen-bond acceptors (Lipinski definition) is 2.